The zero-order chi connectivity index (χ0) is 22.5. The maximum atomic E-state index is 10.0. The fraction of sp³-hybridized carbons (Fsp3) is 0.400. The van der Waals surface area contributed by atoms with E-state index in [1.54, 1.807) is 0 Å². The van der Waals surface area contributed by atoms with Crippen LogP contribution < -0.4 is 15.0 Å². The van der Waals surface area contributed by atoms with Crippen molar-refractivity contribution in [1.82, 2.24) is 9.97 Å². The Morgan fingerprint density at radius 1 is 1.18 bits per heavy atom. The number of ether oxygens (including phenoxy) is 1. The summed E-state index contributed by atoms with van der Waals surface area (Å²) in [6.45, 7) is 4.12. The number of β-amino-alcohol motifs (C(OH)–C–C–N with tert-alkyl or cyclic N) is 1. The standard InChI is InChI=1S/C25H26ClN5O2/c1-14-8-16-4-5-20(24(26)19(16)9-14)33-25-29-22(11-23(30-25)31-7-6-18(32)13-31)28-21-10-17(12-27-21)15-2-3-15/h4-5,9-11,15,18,32H,2-3,6-8,12-13H2,1H3,(H,27,28,29,30). The number of fused-ring (bicyclic) bond motifs is 1. The Morgan fingerprint density at radius 3 is 2.85 bits per heavy atom. The van der Waals surface area contributed by atoms with Crippen LogP contribution in [0.4, 0.5) is 11.6 Å². The lowest BCUT2D eigenvalue weighted by Gasteiger charge is -2.19. The van der Waals surface area contributed by atoms with Crippen LogP contribution in [0.1, 0.15) is 37.3 Å². The molecular weight excluding hydrogens is 438 g/mol. The first kappa shape index (κ1) is 20.7. The van der Waals surface area contributed by atoms with E-state index >= 15 is 0 Å². The minimum atomic E-state index is -0.356. The molecule has 1 unspecified atom stereocenters. The van der Waals surface area contributed by atoms with Crippen molar-refractivity contribution in [3.63, 3.8) is 0 Å². The first-order valence-corrected chi connectivity index (χ1v) is 11.9. The molecule has 33 heavy (non-hydrogen) atoms. The van der Waals surface area contributed by atoms with E-state index in [0.717, 1.165) is 30.9 Å². The highest BCUT2D eigenvalue weighted by Gasteiger charge is 2.28. The number of benzene rings is 1. The second-order valence-electron chi connectivity index (χ2n) is 9.32. The van der Waals surface area contributed by atoms with Gasteiger partial charge in [0.2, 0.25) is 0 Å². The molecule has 1 saturated carbocycles. The van der Waals surface area contributed by atoms with Crippen molar-refractivity contribution in [3.8, 4) is 11.8 Å². The molecule has 0 bridgehead atoms. The summed E-state index contributed by atoms with van der Waals surface area (Å²) in [7, 11) is 0. The summed E-state index contributed by atoms with van der Waals surface area (Å²) in [6, 6.07) is 6.01. The number of allylic oxidation sites excluding steroid dienone is 1. The van der Waals surface area contributed by atoms with Crippen LogP contribution in [0.3, 0.4) is 0 Å². The number of aliphatic imine (C=N–C) groups is 1. The number of hydrogen-bond acceptors (Lipinski definition) is 7. The van der Waals surface area contributed by atoms with E-state index in [2.05, 4.69) is 39.4 Å². The molecule has 1 aromatic heterocycles. The minimum Gasteiger partial charge on any atom is -0.423 e. The van der Waals surface area contributed by atoms with Crippen LogP contribution in [0.25, 0.3) is 6.08 Å². The number of aliphatic hydroxyl groups excluding tert-OH is 1. The summed E-state index contributed by atoms with van der Waals surface area (Å²) in [5.41, 5.74) is 4.86. The average molecular weight is 464 g/mol. The molecule has 4 aliphatic rings. The van der Waals surface area contributed by atoms with Crippen molar-refractivity contribution in [3.05, 3.63) is 51.6 Å². The number of aliphatic hydroxyl groups is 1. The first-order valence-electron chi connectivity index (χ1n) is 11.5. The number of halogens is 1. The number of hydrogen-bond donors (Lipinski definition) is 2. The molecule has 2 aliphatic carbocycles. The molecule has 1 aromatic carbocycles. The summed E-state index contributed by atoms with van der Waals surface area (Å²) in [5.74, 6) is 3.34. The van der Waals surface area contributed by atoms with Gasteiger partial charge < -0.3 is 20.1 Å². The minimum absolute atomic E-state index is 0.210. The van der Waals surface area contributed by atoms with Gasteiger partial charge in [-0.2, -0.15) is 9.97 Å². The van der Waals surface area contributed by atoms with Crippen molar-refractivity contribution in [2.24, 2.45) is 10.9 Å². The molecule has 2 aliphatic heterocycles. The molecule has 8 heteroatoms. The summed E-state index contributed by atoms with van der Waals surface area (Å²) >= 11 is 6.67. The van der Waals surface area contributed by atoms with Gasteiger partial charge >= 0.3 is 6.01 Å². The van der Waals surface area contributed by atoms with Crippen LogP contribution in [-0.2, 0) is 6.42 Å². The average Bonchev–Trinajstić information content (AvgIpc) is 3.17. The Hall–Kier alpha value is -2.90. The Morgan fingerprint density at radius 2 is 2.06 bits per heavy atom. The molecule has 170 valence electrons. The summed E-state index contributed by atoms with van der Waals surface area (Å²) in [4.78, 5) is 15.9. The van der Waals surface area contributed by atoms with Gasteiger partial charge in [0.1, 0.15) is 23.2 Å². The Labute approximate surface area is 197 Å². The number of nitrogens with zero attached hydrogens (tertiary/aromatic N) is 4. The van der Waals surface area contributed by atoms with Gasteiger partial charge in [0, 0.05) is 24.7 Å². The number of rotatable bonds is 5. The molecule has 2 aromatic rings. The van der Waals surface area contributed by atoms with Gasteiger partial charge in [-0.05, 0) is 61.8 Å². The highest BCUT2D eigenvalue weighted by atomic mass is 35.5. The topological polar surface area (TPSA) is 82.9 Å². The van der Waals surface area contributed by atoms with E-state index in [1.807, 2.05) is 23.1 Å². The highest BCUT2D eigenvalue weighted by Crippen LogP contribution is 2.39. The molecule has 7 nitrogen and oxygen atoms in total. The van der Waals surface area contributed by atoms with E-state index in [9.17, 15) is 5.11 Å². The molecule has 2 N–H and O–H groups in total. The van der Waals surface area contributed by atoms with E-state index in [-0.39, 0.29) is 12.1 Å². The molecule has 1 saturated heterocycles. The van der Waals surface area contributed by atoms with E-state index in [4.69, 9.17) is 16.3 Å². The van der Waals surface area contributed by atoms with Crippen LogP contribution in [0.5, 0.6) is 11.8 Å². The van der Waals surface area contributed by atoms with Crippen molar-refractivity contribution in [2.75, 3.05) is 29.9 Å². The van der Waals surface area contributed by atoms with Gasteiger partial charge in [0.15, 0.2) is 0 Å². The highest BCUT2D eigenvalue weighted by molar-refractivity contribution is 6.33. The van der Waals surface area contributed by atoms with E-state index in [0.29, 0.717) is 41.3 Å². The van der Waals surface area contributed by atoms with Crippen molar-refractivity contribution < 1.29 is 9.84 Å². The monoisotopic (exact) mass is 463 g/mol. The van der Waals surface area contributed by atoms with Gasteiger partial charge in [0.25, 0.3) is 0 Å². The quantitative estimate of drug-likeness (QED) is 0.673. The molecule has 0 spiro atoms. The number of anilines is 2. The zero-order valence-corrected chi connectivity index (χ0v) is 19.3. The fourth-order valence-electron chi connectivity index (χ4n) is 4.68. The second-order valence-corrected chi connectivity index (χ2v) is 9.70. The normalized spacial score (nSPS) is 21.6. The summed E-state index contributed by atoms with van der Waals surface area (Å²) < 4.78 is 6.10. The van der Waals surface area contributed by atoms with Crippen molar-refractivity contribution >= 4 is 35.1 Å². The summed E-state index contributed by atoms with van der Waals surface area (Å²) in [5, 5.41) is 13.9. The van der Waals surface area contributed by atoms with E-state index < -0.39 is 0 Å². The summed E-state index contributed by atoms with van der Waals surface area (Å²) in [6.07, 6.45) is 8.02. The van der Waals surface area contributed by atoms with Gasteiger partial charge in [-0.1, -0.05) is 29.3 Å². The van der Waals surface area contributed by atoms with Gasteiger partial charge in [-0.25, -0.2) is 0 Å². The van der Waals surface area contributed by atoms with Crippen molar-refractivity contribution in [1.29, 1.82) is 0 Å². The molecule has 0 amide bonds. The zero-order valence-electron chi connectivity index (χ0n) is 18.5. The third kappa shape index (κ3) is 4.23. The fourth-order valence-corrected chi connectivity index (χ4v) is 4.96. The van der Waals surface area contributed by atoms with Crippen LogP contribution in [0.2, 0.25) is 5.02 Å². The predicted molar refractivity (Wildman–Crippen MR) is 130 cm³/mol. The Balaban J connectivity index is 1.30. The lowest BCUT2D eigenvalue weighted by molar-refractivity contribution is 0.198. The third-order valence-electron chi connectivity index (χ3n) is 6.59. The molecule has 2 fully saturated rings. The number of aromatic nitrogens is 2. The SMILES string of the molecule is CC1=Cc2c(ccc(Oc3nc(NC4=NCC(C5CC5)=C4)cc(N4CCC(O)C4)n3)c2Cl)C1. The lowest BCUT2D eigenvalue weighted by atomic mass is 10.1. The third-order valence-corrected chi connectivity index (χ3v) is 6.98. The van der Waals surface area contributed by atoms with Gasteiger partial charge in [0.05, 0.1) is 17.7 Å². The molecule has 0 radical (unpaired) electrons. The number of nitrogens with one attached hydrogen (secondary N) is 1. The van der Waals surface area contributed by atoms with Crippen LogP contribution in [0, 0.1) is 5.92 Å². The van der Waals surface area contributed by atoms with Crippen LogP contribution in [0.15, 0.2) is 40.4 Å². The van der Waals surface area contributed by atoms with E-state index in [1.165, 1.54) is 29.6 Å². The maximum absolute atomic E-state index is 10.0. The second kappa shape index (κ2) is 8.15. The Kier molecular flexibility index (Phi) is 5.11. The largest absolute Gasteiger partial charge is 0.423 e. The molecule has 3 heterocycles. The number of amidine groups is 1. The van der Waals surface area contributed by atoms with Crippen LogP contribution in [-0.4, -0.2) is 46.6 Å². The van der Waals surface area contributed by atoms with Gasteiger partial charge in [-0.3, -0.25) is 4.99 Å². The molecular formula is C25H26ClN5O2. The Bertz CT molecular complexity index is 1220. The maximum Gasteiger partial charge on any atom is 0.325 e. The smallest absolute Gasteiger partial charge is 0.325 e. The predicted octanol–water partition coefficient (Wildman–Crippen LogP) is 4.61. The van der Waals surface area contributed by atoms with Crippen molar-refractivity contribution in [2.45, 2.75) is 38.7 Å². The molecule has 1 atom stereocenters. The molecule has 6 rings (SSSR count). The van der Waals surface area contributed by atoms with Crippen LogP contribution >= 0.6 is 11.6 Å². The first-order chi connectivity index (χ1) is 16.0. The lowest BCUT2D eigenvalue weighted by Crippen LogP contribution is -2.23. The van der Waals surface area contributed by atoms with Gasteiger partial charge in [-0.15, -0.1) is 0 Å².